The molecule has 0 atom stereocenters. The molecular formula is C96H68BN9Si2. The Bertz CT molecular complexity index is 5520. The van der Waals surface area contributed by atoms with Gasteiger partial charge >= 0.3 is 0 Å². The topological polar surface area (TPSA) is 87.1 Å². The van der Waals surface area contributed by atoms with Crippen molar-refractivity contribution in [1.82, 2.24) is 29.9 Å². The SMILES string of the molecule is c1ccc(-c2nc(-c3cccc([Si](c4ccccc4)(c4ccccc4)c4ccccc4)c3)nc(N3c4ccccc4B4c5ccccc5N(c5nc(-c6ccccc6)nc(-c6cccc([Si](c7ccccc7)(c7ccccc7)c7ccccc7)c6)n5)c5cc(N(c6ccccc6)c6ccccc6)cc3c54)n2)cc1. The maximum Gasteiger partial charge on any atom is 0.252 e. The number of anilines is 9. The van der Waals surface area contributed by atoms with Crippen LogP contribution in [0.2, 0.25) is 0 Å². The molecule has 0 radical (unpaired) electrons. The Morgan fingerprint density at radius 3 is 0.796 bits per heavy atom. The van der Waals surface area contributed by atoms with Crippen molar-refractivity contribution in [2.45, 2.75) is 0 Å². The van der Waals surface area contributed by atoms with Crippen LogP contribution in [-0.4, -0.2) is 52.8 Å². The second kappa shape index (κ2) is 28.0. The molecule has 0 bridgehead atoms. The zero-order chi connectivity index (χ0) is 71.8. The van der Waals surface area contributed by atoms with E-state index in [1.54, 1.807) is 0 Å². The second-order valence-corrected chi connectivity index (χ2v) is 34.9. The van der Waals surface area contributed by atoms with Crippen molar-refractivity contribution in [3.8, 4) is 45.6 Å². The Balaban J connectivity index is 0.871. The van der Waals surface area contributed by atoms with Gasteiger partial charge in [-0.3, -0.25) is 9.80 Å². The summed E-state index contributed by atoms with van der Waals surface area (Å²) in [7, 11) is -6.06. The smallest absolute Gasteiger partial charge is 0.252 e. The van der Waals surface area contributed by atoms with Gasteiger partial charge in [0.15, 0.2) is 39.4 Å². The van der Waals surface area contributed by atoms with Crippen molar-refractivity contribution in [3.05, 3.63) is 413 Å². The molecule has 0 aliphatic carbocycles. The Kier molecular flexibility index (Phi) is 16.9. The van der Waals surface area contributed by atoms with Crippen molar-refractivity contribution >= 4 is 132 Å². The van der Waals surface area contributed by atoms with Crippen LogP contribution in [0.4, 0.5) is 51.7 Å². The molecule has 17 aromatic rings. The first kappa shape index (κ1) is 65.0. The van der Waals surface area contributed by atoms with Gasteiger partial charge in [0.05, 0.1) is 5.69 Å². The van der Waals surface area contributed by atoms with Gasteiger partial charge in [0, 0.05) is 56.4 Å². The summed E-state index contributed by atoms with van der Waals surface area (Å²) in [5.41, 5.74) is 13.1. The van der Waals surface area contributed by atoms with Crippen molar-refractivity contribution < 1.29 is 0 Å². The lowest BCUT2D eigenvalue weighted by molar-refractivity contribution is 1.02. The van der Waals surface area contributed by atoms with Gasteiger partial charge in [0.2, 0.25) is 11.9 Å². The lowest BCUT2D eigenvalue weighted by atomic mass is 9.33. The van der Waals surface area contributed by atoms with Gasteiger partial charge in [-0.05, 0) is 106 Å². The molecular weight excluding hydrogens is 1350 g/mol. The lowest BCUT2D eigenvalue weighted by Gasteiger charge is -2.43. The third-order valence-corrected chi connectivity index (χ3v) is 30.8. The fourth-order valence-electron chi connectivity index (χ4n) is 16.6. The number of aromatic nitrogens is 6. The molecule has 0 saturated carbocycles. The average Bonchev–Trinajstić information content (AvgIpc) is 0.688. The van der Waals surface area contributed by atoms with Crippen LogP contribution < -0.4 is 72.6 Å². The van der Waals surface area contributed by atoms with E-state index in [1.165, 1.54) is 41.5 Å². The minimum Gasteiger partial charge on any atom is -0.310 e. The quantitative estimate of drug-likeness (QED) is 0.0653. The molecule has 15 aromatic carbocycles. The van der Waals surface area contributed by atoms with Crippen LogP contribution in [0, 0.1) is 0 Å². The van der Waals surface area contributed by atoms with Gasteiger partial charge < -0.3 is 4.90 Å². The molecule has 0 amide bonds. The van der Waals surface area contributed by atoms with E-state index in [2.05, 4.69) is 415 Å². The van der Waals surface area contributed by atoms with Crippen LogP contribution >= 0.6 is 0 Å². The molecule has 12 heteroatoms. The van der Waals surface area contributed by atoms with Crippen LogP contribution in [0.5, 0.6) is 0 Å². The van der Waals surface area contributed by atoms with E-state index in [9.17, 15) is 0 Å². The number of rotatable bonds is 17. The third-order valence-electron chi connectivity index (χ3n) is 21.2. The molecule has 0 fully saturated rings. The summed E-state index contributed by atoms with van der Waals surface area (Å²) in [6, 6.07) is 148. The second-order valence-electron chi connectivity index (χ2n) is 27.3. The first-order valence-electron chi connectivity index (χ1n) is 36.6. The van der Waals surface area contributed by atoms with Crippen molar-refractivity contribution in [2.75, 3.05) is 14.7 Å². The third kappa shape index (κ3) is 11.3. The summed E-state index contributed by atoms with van der Waals surface area (Å²) in [5.74, 6) is 3.07. The maximum absolute atomic E-state index is 5.84. The summed E-state index contributed by atoms with van der Waals surface area (Å²) < 4.78 is 0. The Morgan fingerprint density at radius 1 is 0.213 bits per heavy atom. The van der Waals surface area contributed by atoms with Gasteiger partial charge in [-0.15, -0.1) is 0 Å². The Morgan fingerprint density at radius 2 is 0.472 bits per heavy atom. The number of hydrogen-bond acceptors (Lipinski definition) is 9. The van der Waals surface area contributed by atoms with E-state index in [1.807, 2.05) is 12.1 Å². The van der Waals surface area contributed by atoms with Crippen molar-refractivity contribution in [3.63, 3.8) is 0 Å². The van der Waals surface area contributed by atoms with E-state index in [0.29, 0.717) is 35.2 Å². The van der Waals surface area contributed by atoms with Gasteiger partial charge in [0.1, 0.15) is 0 Å². The van der Waals surface area contributed by atoms with E-state index in [-0.39, 0.29) is 6.71 Å². The average molecular weight is 1410 g/mol. The molecule has 4 heterocycles. The minimum atomic E-state index is -3.03. The van der Waals surface area contributed by atoms with Crippen LogP contribution in [0.15, 0.2) is 413 Å². The molecule has 0 saturated heterocycles. The molecule has 108 heavy (non-hydrogen) atoms. The molecule has 19 rings (SSSR count). The predicted octanol–water partition coefficient (Wildman–Crippen LogP) is 15.0. The fourth-order valence-corrected chi connectivity index (χ4v) is 26.2. The van der Waals surface area contributed by atoms with Crippen LogP contribution in [0.1, 0.15) is 0 Å². The predicted molar refractivity (Wildman–Crippen MR) is 451 cm³/mol. The number of nitrogens with zero attached hydrogens (tertiary/aromatic N) is 9. The zero-order valence-electron chi connectivity index (χ0n) is 58.9. The minimum absolute atomic E-state index is 0.289. The molecule has 508 valence electrons. The summed E-state index contributed by atoms with van der Waals surface area (Å²) in [5, 5.41) is 10.0. The summed E-state index contributed by atoms with van der Waals surface area (Å²) in [6.45, 7) is -0.289. The monoisotopic (exact) mass is 1410 g/mol. The highest BCUT2D eigenvalue weighted by Crippen LogP contribution is 2.48. The largest absolute Gasteiger partial charge is 0.310 e. The Labute approximate surface area is 631 Å². The molecule has 2 aromatic heterocycles. The van der Waals surface area contributed by atoms with Gasteiger partial charge in [-0.2, -0.15) is 19.9 Å². The molecule has 0 N–H and O–H groups in total. The Hall–Kier alpha value is -13.8. The van der Waals surface area contributed by atoms with Gasteiger partial charge in [-0.1, -0.05) is 364 Å². The molecule has 2 aliphatic rings. The fraction of sp³-hybridized carbons (Fsp3) is 0. The highest BCUT2D eigenvalue weighted by Gasteiger charge is 2.47. The summed E-state index contributed by atoms with van der Waals surface area (Å²) >= 11 is 0. The summed E-state index contributed by atoms with van der Waals surface area (Å²) in [4.78, 5) is 41.1. The molecule has 9 nitrogen and oxygen atoms in total. The first-order chi connectivity index (χ1) is 53.6. The summed E-state index contributed by atoms with van der Waals surface area (Å²) in [6.07, 6.45) is 0. The standard InChI is InChI=1S/C96H68BN9Si2/c1-11-37-69(38-12-1)91-98-93(71-41-35-59-82(65-71)107(76-47-19-5-20-48-76,77-49-21-6-22-50-77)78-51-23-7-24-52-78)102-95(100-91)105-86-63-33-31-61-84(86)97-85-62-32-34-64-87(85)106(89-68-75(67-88(105)90(89)97)104(73-43-15-3-16-44-73)74-45-17-4-18-46-74)96-101-92(70-39-13-2-14-40-70)99-94(103-96)72-42-36-60-83(66-72)108(79-53-25-8-26-54-79,80-55-27-9-28-56-80)81-57-29-10-30-58-81/h1-68H. The number of para-hydroxylation sites is 4. The number of benzene rings is 15. The van der Waals surface area contributed by atoms with Crippen molar-refractivity contribution in [1.29, 1.82) is 0 Å². The lowest BCUT2D eigenvalue weighted by Crippen LogP contribution is -2.74. The van der Waals surface area contributed by atoms with E-state index >= 15 is 0 Å². The van der Waals surface area contributed by atoms with E-state index in [0.717, 1.165) is 78.5 Å². The van der Waals surface area contributed by atoms with E-state index < -0.39 is 16.1 Å². The van der Waals surface area contributed by atoms with Crippen LogP contribution in [0.25, 0.3) is 45.6 Å². The number of fused-ring (bicyclic) bond motifs is 4. The van der Waals surface area contributed by atoms with Crippen LogP contribution in [-0.2, 0) is 0 Å². The highest BCUT2D eigenvalue weighted by molar-refractivity contribution is 7.20. The van der Waals surface area contributed by atoms with Gasteiger partial charge in [0.25, 0.3) is 6.71 Å². The normalized spacial score (nSPS) is 12.2. The first-order valence-corrected chi connectivity index (χ1v) is 40.6. The van der Waals surface area contributed by atoms with Crippen molar-refractivity contribution in [2.24, 2.45) is 0 Å². The highest BCUT2D eigenvalue weighted by atomic mass is 28.3. The zero-order valence-corrected chi connectivity index (χ0v) is 60.9. The number of hydrogen-bond donors (Lipinski definition) is 0. The van der Waals surface area contributed by atoms with Crippen LogP contribution in [0.3, 0.4) is 0 Å². The molecule has 0 spiro atoms. The maximum atomic E-state index is 5.84. The van der Waals surface area contributed by atoms with E-state index in [4.69, 9.17) is 29.9 Å². The van der Waals surface area contributed by atoms with Gasteiger partial charge in [-0.25, -0.2) is 9.97 Å². The molecule has 0 unspecified atom stereocenters. The molecule has 2 aliphatic heterocycles.